The summed E-state index contributed by atoms with van der Waals surface area (Å²) in [6.45, 7) is 7.06. The number of nitrogens with one attached hydrogen (secondary N) is 1. The topological polar surface area (TPSA) is 15.3 Å². The highest BCUT2D eigenvalue weighted by molar-refractivity contribution is 5.25. The molecule has 0 radical (unpaired) electrons. The van der Waals surface area contributed by atoms with E-state index in [9.17, 15) is 0 Å². The number of nitrogens with zero attached hydrogens (tertiary/aromatic N) is 1. The summed E-state index contributed by atoms with van der Waals surface area (Å²) in [5, 5.41) is 3.52. The number of piperidine rings is 1. The average molecular weight is 286 g/mol. The summed E-state index contributed by atoms with van der Waals surface area (Å²) < 4.78 is 0. The Bertz CT molecular complexity index is 451. The Morgan fingerprint density at radius 2 is 1.95 bits per heavy atom. The average Bonchev–Trinajstić information content (AvgIpc) is 3.07. The minimum absolute atomic E-state index is 0.470. The molecule has 2 heteroatoms. The van der Waals surface area contributed by atoms with Gasteiger partial charge in [-0.05, 0) is 55.7 Å². The summed E-state index contributed by atoms with van der Waals surface area (Å²) >= 11 is 0. The molecule has 1 saturated carbocycles. The van der Waals surface area contributed by atoms with Gasteiger partial charge in [0, 0.05) is 25.2 Å². The maximum absolute atomic E-state index is 3.52. The van der Waals surface area contributed by atoms with Gasteiger partial charge in [-0.3, -0.25) is 4.90 Å². The second kappa shape index (κ2) is 6.50. The SMILES string of the molecule is CNC(CN1CC2CCC1C2)c1ccc(CC(C)C)cc1. The lowest BCUT2D eigenvalue weighted by Gasteiger charge is -2.31. The van der Waals surface area contributed by atoms with Crippen LogP contribution in [0.3, 0.4) is 0 Å². The van der Waals surface area contributed by atoms with Crippen LogP contribution in [0.5, 0.6) is 0 Å². The molecule has 1 aromatic rings. The predicted octanol–water partition coefficient (Wildman–Crippen LogP) is 3.63. The van der Waals surface area contributed by atoms with E-state index in [1.54, 1.807) is 0 Å². The molecule has 3 atom stereocenters. The normalized spacial score (nSPS) is 26.7. The molecule has 1 aliphatic heterocycles. The molecule has 0 spiro atoms. The zero-order valence-corrected chi connectivity index (χ0v) is 13.8. The molecule has 21 heavy (non-hydrogen) atoms. The molecule has 116 valence electrons. The molecule has 3 unspecified atom stereocenters. The van der Waals surface area contributed by atoms with E-state index in [2.05, 4.69) is 55.4 Å². The van der Waals surface area contributed by atoms with Crippen molar-refractivity contribution < 1.29 is 0 Å². The fourth-order valence-corrected chi connectivity index (χ4v) is 4.21. The first kappa shape index (κ1) is 15.1. The quantitative estimate of drug-likeness (QED) is 0.859. The standard InChI is InChI=1S/C19H30N2/c1-14(2)10-15-4-7-17(8-5-15)19(20-3)13-21-12-16-6-9-18(21)11-16/h4-5,7-8,14,16,18-20H,6,9-13H2,1-3H3. The molecule has 3 rings (SSSR count). The highest BCUT2D eigenvalue weighted by Crippen LogP contribution is 2.38. The van der Waals surface area contributed by atoms with Crippen molar-refractivity contribution in [1.29, 1.82) is 0 Å². The van der Waals surface area contributed by atoms with Crippen LogP contribution in [0.1, 0.15) is 50.3 Å². The minimum atomic E-state index is 0.470. The van der Waals surface area contributed by atoms with E-state index in [-0.39, 0.29) is 0 Å². The van der Waals surface area contributed by atoms with Crippen molar-refractivity contribution in [1.82, 2.24) is 10.2 Å². The van der Waals surface area contributed by atoms with Gasteiger partial charge in [0.15, 0.2) is 0 Å². The summed E-state index contributed by atoms with van der Waals surface area (Å²) in [6, 6.07) is 10.6. The first-order valence-corrected chi connectivity index (χ1v) is 8.66. The molecule has 1 heterocycles. The number of likely N-dealkylation sites (tertiary alicyclic amines) is 1. The Labute approximate surface area is 129 Å². The van der Waals surface area contributed by atoms with Crippen molar-refractivity contribution in [3.05, 3.63) is 35.4 Å². The van der Waals surface area contributed by atoms with Gasteiger partial charge in [0.05, 0.1) is 0 Å². The molecule has 1 aliphatic carbocycles. The van der Waals surface area contributed by atoms with Crippen LogP contribution in [-0.4, -0.2) is 31.1 Å². The highest BCUT2D eigenvalue weighted by atomic mass is 15.2. The number of hydrogen-bond donors (Lipinski definition) is 1. The number of benzene rings is 1. The van der Waals surface area contributed by atoms with Crippen LogP contribution in [0.4, 0.5) is 0 Å². The van der Waals surface area contributed by atoms with Crippen LogP contribution in [0.15, 0.2) is 24.3 Å². The molecule has 0 aromatic heterocycles. The third-order valence-electron chi connectivity index (χ3n) is 5.31. The number of rotatable bonds is 6. The lowest BCUT2D eigenvalue weighted by Crippen LogP contribution is -2.38. The predicted molar refractivity (Wildman–Crippen MR) is 89.5 cm³/mol. The number of fused-ring (bicyclic) bond motifs is 2. The number of likely N-dealkylation sites (N-methyl/N-ethyl adjacent to an activating group) is 1. The summed E-state index contributed by atoms with van der Waals surface area (Å²) in [7, 11) is 2.10. The molecule has 1 saturated heterocycles. The molecule has 0 amide bonds. The van der Waals surface area contributed by atoms with Gasteiger partial charge >= 0.3 is 0 Å². The van der Waals surface area contributed by atoms with Crippen LogP contribution in [0.25, 0.3) is 0 Å². The molecule has 2 bridgehead atoms. The zero-order valence-electron chi connectivity index (χ0n) is 13.8. The summed E-state index contributed by atoms with van der Waals surface area (Å²) in [5.41, 5.74) is 2.90. The fourth-order valence-electron chi connectivity index (χ4n) is 4.21. The summed E-state index contributed by atoms with van der Waals surface area (Å²) in [4.78, 5) is 2.72. The first-order valence-electron chi connectivity index (χ1n) is 8.66. The molecular formula is C19H30N2. The van der Waals surface area contributed by atoms with Gasteiger partial charge in [0.25, 0.3) is 0 Å². The van der Waals surface area contributed by atoms with Gasteiger partial charge < -0.3 is 5.32 Å². The van der Waals surface area contributed by atoms with E-state index < -0.39 is 0 Å². The van der Waals surface area contributed by atoms with E-state index >= 15 is 0 Å². The Morgan fingerprint density at radius 3 is 2.48 bits per heavy atom. The van der Waals surface area contributed by atoms with E-state index in [4.69, 9.17) is 0 Å². The van der Waals surface area contributed by atoms with Gasteiger partial charge in [-0.2, -0.15) is 0 Å². The van der Waals surface area contributed by atoms with E-state index in [1.807, 2.05) is 0 Å². The maximum Gasteiger partial charge on any atom is 0.0446 e. The van der Waals surface area contributed by atoms with E-state index in [0.717, 1.165) is 17.9 Å². The van der Waals surface area contributed by atoms with Gasteiger partial charge in [0.2, 0.25) is 0 Å². The van der Waals surface area contributed by atoms with Crippen molar-refractivity contribution in [2.24, 2.45) is 11.8 Å². The van der Waals surface area contributed by atoms with Crippen molar-refractivity contribution in [3.63, 3.8) is 0 Å². The van der Waals surface area contributed by atoms with Gasteiger partial charge in [-0.15, -0.1) is 0 Å². The molecule has 1 N–H and O–H groups in total. The van der Waals surface area contributed by atoms with Crippen LogP contribution >= 0.6 is 0 Å². The Morgan fingerprint density at radius 1 is 1.19 bits per heavy atom. The Balaban J connectivity index is 1.63. The van der Waals surface area contributed by atoms with Gasteiger partial charge in [-0.1, -0.05) is 38.1 Å². The van der Waals surface area contributed by atoms with Crippen LogP contribution in [0, 0.1) is 11.8 Å². The molecule has 2 aliphatic rings. The van der Waals surface area contributed by atoms with E-state index in [0.29, 0.717) is 6.04 Å². The summed E-state index contributed by atoms with van der Waals surface area (Å²) in [5.74, 6) is 1.72. The summed E-state index contributed by atoms with van der Waals surface area (Å²) in [6.07, 6.45) is 5.52. The fraction of sp³-hybridized carbons (Fsp3) is 0.684. The molecular weight excluding hydrogens is 256 g/mol. The largest absolute Gasteiger partial charge is 0.312 e. The Kier molecular flexibility index (Phi) is 4.66. The lowest BCUT2D eigenvalue weighted by atomic mass is 9.99. The van der Waals surface area contributed by atoms with Crippen molar-refractivity contribution in [2.75, 3.05) is 20.1 Å². The van der Waals surface area contributed by atoms with Crippen molar-refractivity contribution in [2.45, 2.75) is 51.6 Å². The lowest BCUT2D eigenvalue weighted by molar-refractivity contribution is 0.194. The van der Waals surface area contributed by atoms with Crippen LogP contribution in [-0.2, 0) is 6.42 Å². The monoisotopic (exact) mass is 286 g/mol. The third-order valence-corrected chi connectivity index (χ3v) is 5.31. The smallest absolute Gasteiger partial charge is 0.0446 e. The van der Waals surface area contributed by atoms with Crippen LogP contribution < -0.4 is 5.32 Å². The van der Waals surface area contributed by atoms with Crippen molar-refractivity contribution >= 4 is 0 Å². The second-order valence-corrected chi connectivity index (χ2v) is 7.47. The van der Waals surface area contributed by atoms with Gasteiger partial charge in [-0.25, -0.2) is 0 Å². The molecule has 1 aromatic carbocycles. The molecule has 2 fully saturated rings. The highest BCUT2D eigenvalue weighted by Gasteiger charge is 2.38. The van der Waals surface area contributed by atoms with Gasteiger partial charge in [0.1, 0.15) is 0 Å². The number of hydrogen-bond acceptors (Lipinski definition) is 2. The minimum Gasteiger partial charge on any atom is -0.312 e. The molecule has 2 nitrogen and oxygen atoms in total. The maximum atomic E-state index is 3.52. The Hall–Kier alpha value is -0.860. The first-order chi connectivity index (χ1) is 10.2. The van der Waals surface area contributed by atoms with Crippen LogP contribution in [0.2, 0.25) is 0 Å². The third kappa shape index (κ3) is 3.49. The van der Waals surface area contributed by atoms with Crippen molar-refractivity contribution in [3.8, 4) is 0 Å². The van der Waals surface area contributed by atoms with E-state index in [1.165, 1.54) is 49.9 Å². The zero-order chi connectivity index (χ0) is 14.8. The second-order valence-electron chi connectivity index (χ2n) is 7.47.